The molecular weight excluding hydrogens is 296 g/mol. The van der Waals surface area contributed by atoms with Crippen molar-refractivity contribution in [2.24, 2.45) is 0 Å². The zero-order valence-corrected chi connectivity index (χ0v) is 13.0. The average Bonchev–Trinajstić information content (AvgIpc) is 2.94. The summed E-state index contributed by atoms with van der Waals surface area (Å²) in [5.41, 5.74) is 4.74. The molecule has 0 aliphatic rings. The number of nitriles is 1. The molecule has 4 nitrogen and oxygen atoms in total. The van der Waals surface area contributed by atoms with Crippen LogP contribution < -0.4 is 0 Å². The van der Waals surface area contributed by atoms with Crippen molar-refractivity contribution in [3.63, 3.8) is 0 Å². The molecule has 0 fully saturated rings. The predicted octanol–water partition coefficient (Wildman–Crippen LogP) is 4.08. The quantitative estimate of drug-likeness (QED) is 0.717. The van der Waals surface area contributed by atoms with Gasteiger partial charge in [0, 0.05) is 5.56 Å². The Morgan fingerprint density at radius 2 is 1.86 bits per heavy atom. The summed E-state index contributed by atoms with van der Waals surface area (Å²) in [5.74, 6) is 0. The van der Waals surface area contributed by atoms with Crippen LogP contribution in [0.4, 0.5) is 0 Å². The van der Waals surface area contributed by atoms with Crippen molar-refractivity contribution >= 4 is 11.6 Å². The van der Waals surface area contributed by atoms with Gasteiger partial charge >= 0.3 is 0 Å². The maximum atomic E-state index is 9.35. The topological polar surface area (TPSA) is 54.5 Å². The Labute approximate surface area is 133 Å². The summed E-state index contributed by atoms with van der Waals surface area (Å²) in [6, 6.07) is 15.4. The summed E-state index contributed by atoms with van der Waals surface area (Å²) < 4.78 is 1.68. The van der Waals surface area contributed by atoms with E-state index in [-0.39, 0.29) is 5.69 Å². The van der Waals surface area contributed by atoms with Gasteiger partial charge in [0.05, 0.1) is 10.7 Å². The normalized spacial score (nSPS) is 10.5. The first-order valence-corrected chi connectivity index (χ1v) is 7.18. The van der Waals surface area contributed by atoms with Crippen LogP contribution in [0.3, 0.4) is 0 Å². The highest BCUT2D eigenvalue weighted by atomic mass is 35.5. The van der Waals surface area contributed by atoms with E-state index in [1.54, 1.807) is 10.7 Å². The van der Waals surface area contributed by atoms with Crippen molar-refractivity contribution in [2.75, 3.05) is 0 Å². The number of benzene rings is 2. The Morgan fingerprint density at radius 3 is 2.59 bits per heavy atom. The van der Waals surface area contributed by atoms with Gasteiger partial charge in [-0.05, 0) is 37.1 Å². The minimum atomic E-state index is 0.258. The van der Waals surface area contributed by atoms with Crippen LogP contribution in [0.15, 0.2) is 42.5 Å². The second-order valence-corrected chi connectivity index (χ2v) is 5.42. The highest BCUT2D eigenvalue weighted by molar-refractivity contribution is 6.33. The summed E-state index contributed by atoms with van der Waals surface area (Å²) in [5, 5.41) is 18.1. The number of rotatable bonds is 2. The van der Waals surface area contributed by atoms with Crippen molar-refractivity contribution in [3.05, 3.63) is 64.3 Å². The van der Waals surface area contributed by atoms with E-state index in [1.807, 2.05) is 50.2 Å². The molecule has 0 atom stereocenters. The van der Waals surface area contributed by atoms with E-state index in [9.17, 15) is 5.26 Å². The molecule has 0 unspecified atom stereocenters. The van der Waals surface area contributed by atoms with Gasteiger partial charge in [0.15, 0.2) is 5.69 Å². The summed E-state index contributed by atoms with van der Waals surface area (Å²) in [6.45, 7) is 4.06. The first-order valence-electron chi connectivity index (χ1n) is 6.80. The minimum absolute atomic E-state index is 0.258. The molecule has 0 saturated carbocycles. The molecule has 5 heteroatoms. The third-order valence-corrected chi connectivity index (χ3v) is 4.04. The Morgan fingerprint density at radius 1 is 1.09 bits per heavy atom. The van der Waals surface area contributed by atoms with Crippen molar-refractivity contribution in [2.45, 2.75) is 13.8 Å². The molecule has 0 aliphatic carbocycles. The van der Waals surface area contributed by atoms with Crippen LogP contribution in [-0.2, 0) is 0 Å². The summed E-state index contributed by atoms with van der Waals surface area (Å²) in [7, 11) is 0. The molecule has 0 amide bonds. The number of hydrogen-bond acceptors (Lipinski definition) is 3. The van der Waals surface area contributed by atoms with Gasteiger partial charge in [-0.3, -0.25) is 0 Å². The highest BCUT2D eigenvalue weighted by Crippen LogP contribution is 2.31. The van der Waals surface area contributed by atoms with E-state index in [0.717, 1.165) is 22.4 Å². The largest absolute Gasteiger partial charge is 0.211 e. The molecule has 3 aromatic rings. The lowest BCUT2D eigenvalue weighted by Gasteiger charge is -2.12. The van der Waals surface area contributed by atoms with E-state index < -0.39 is 0 Å². The van der Waals surface area contributed by atoms with Gasteiger partial charge < -0.3 is 0 Å². The minimum Gasteiger partial charge on any atom is -0.211 e. The number of aromatic nitrogens is 3. The number of hydrogen-bond donors (Lipinski definition) is 0. The van der Waals surface area contributed by atoms with Gasteiger partial charge in [0.2, 0.25) is 0 Å². The average molecular weight is 309 g/mol. The third-order valence-electron chi connectivity index (χ3n) is 3.71. The molecule has 1 heterocycles. The number of aryl methyl sites for hydroxylation is 1. The Kier molecular flexibility index (Phi) is 3.66. The fraction of sp³-hybridized carbons (Fsp3) is 0.118. The van der Waals surface area contributed by atoms with Crippen LogP contribution in [-0.4, -0.2) is 15.0 Å². The van der Waals surface area contributed by atoms with Crippen LogP contribution in [0.1, 0.15) is 16.8 Å². The SMILES string of the molecule is Cc1cccc(-n2nnc(C#N)c2-c2ccccc2Cl)c1C. The summed E-state index contributed by atoms with van der Waals surface area (Å²) in [4.78, 5) is 0. The molecular formula is C17H13ClN4. The van der Waals surface area contributed by atoms with Gasteiger partial charge in [0.25, 0.3) is 0 Å². The van der Waals surface area contributed by atoms with E-state index in [0.29, 0.717) is 10.7 Å². The second kappa shape index (κ2) is 5.63. The molecule has 0 saturated heterocycles. The predicted molar refractivity (Wildman–Crippen MR) is 86.0 cm³/mol. The van der Waals surface area contributed by atoms with Gasteiger partial charge in [-0.25, -0.2) is 4.68 Å². The third kappa shape index (κ3) is 2.26. The van der Waals surface area contributed by atoms with Gasteiger partial charge in [0.1, 0.15) is 11.8 Å². The molecule has 2 aromatic carbocycles. The molecule has 0 radical (unpaired) electrons. The van der Waals surface area contributed by atoms with Crippen molar-refractivity contribution in [1.82, 2.24) is 15.0 Å². The molecule has 1 aromatic heterocycles. The second-order valence-electron chi connectivity index (χ2n) is 5.01. The Hall–Kier alpha value is -2.64. The molecule has 0 bridgehead atoms. The van der Waals surface area contributed by atoms with Crippen LogP contribution in [0.25, 0.3) is 16.9 Å². The number of nitrogens with zero attached hydrogens (tertiary/aromatic N) is 4. The van der Waals surface area contributed by atoms with Gasteiger partial charge in [-0.1, -0.05) is 47.1 Å². The van der Waals surface area contributed by atoms with Crippen LogP contribution in [0.2, 0.25) is 5.02 Å². The molecule has 0 aliphatic heterocycles. The zero-order chi connectivity index (χ0) is 15.7. The fourth-order valence-electron chi connectivity index (χ4n) is 2.39. The first kappa shape index (κ1) is 14.3. The van der Waals surface area contributed by atoms with Gasteiger partial charge in [-0.15, -0.1) is 5.10 Å². The van der Waals surface area contributed by atoms with Crippen LogP contribution in [0.5, 0.6) is 0 Å². The maximum absolute atomic E-state index is 9.35. The smallest absolute Gasteiger partial charge is 0.191 e. The molecule has 108 valence electrons. The fourth-order valence-corrected chi connectivity index (χ4v) is 2.61. The van der Waals surface area contributed by atoms with Crippen LogP contribution >= 0.6 is 11.6 Å². The highest BCUT2D eigenvalue weighted by Gasteiger charge is 2.19. The Bertz CT molecular complexity index is 890. The van der Waals surface area contributed by atoms with Gasteiger partial charge in [-0.2, -0.15) is 5.26 Å². The van der Waals surface area contributed by atoms with E-state index in [1.165, 1.54) is 0 Å². The lowest BCUT2D eigenvalue weighted by molar-refractivity contribution is 0.801. The Balaban J connectivity index is 2.32. The summed E-state index contributed by atoms with van der Waals surface area (Å²) >= 11 is 6.30. The maximum Gasteiger partial charge on any atom is 0.191 e. The van der Waals surface area contributed by atoms with Crippen molar-refractivity contribution in [3.8, 4) is 23.0 Å². The van der Waals surface area contributed by atoms with E-state index in [2.05, 4.69) is 16.4 Å². The molecule has 22 heavy (non-hydrogen) atoms. The molecule has 0 N–H and O–H groups in total. The number of halogens is 1. The van der Waals surface area contributed by atoms with Crippen molar-refractivity contribution in [1.29, 1.82) is 5.26 Å². The molecule has 0 spiro atoms. The monoisotopic (exact) mass is 308 g/mol. The zero-order valence-electron chi connectivity index (χ0n) is 12.2. The first-order chi connectivity index (χ1) is 10.6. The van der Waals surface area contributed by atoms with Crippen LogP contribution in [0, 0.1) is 25.2 Å². The standard InChI is InChI=1S/C17H13ClN4/c1-11-6-5-9-16(12(11)2)22-17(15(10-19)20-21-22)13-7-3-4-8-14(13)18/h3-9H,1-2H3. The molecule has 3 rings (SSSR count). The summed E-state index contributed by atoms with van der Waals surface area (Å²) in [6.07, 6.45) is 0. The lowest BCUT2D eigenvalue weighted by Crippen LogP contribution is -2.03. The lowest BCUT2D eigenvalue weighted by atomic mass is 10.1. The van der Waals surface area contributed by atoms with E-state index >= 15 is 0 Å². The van der Waals surface area contributed by atoms with E-state index in [4.69, 9.17) is 11.6 Å². The van der Waals surface area contributed by atoms with Crippen molar-refractivity contribution < 1.29 is 0 Å².